The normalized spacial score (nSPS) is 10.9. The Morgan fingerprint density at radius 1 is 0.966 bits per heavy atom. The van der Waals surface area contributed by atoms with Crippen LogP contribution in [0.2, 0.25) is 0 Å². The third-order valence-corrected chi connectivity index (χ3v) is 4.83. The van der Waals surface area contributed by atoms with Crippen molar-refractivity contribution in [2.24, 2.45) is 7.05 Å². The van der Waals surface area contributed by atoms with E-state index < -0.39 is 0 Å². The molecule has 2 aromatic heterocycles. The highest BCUT2D eigenvalue weighted by Gasteiger charge is 2.15. The lowest BCUT2D eigenvalue weighted by atomic mass is 10.1. The lowest BCUT2D eigenvalue weighted by Gasteiger charge is -2.06. The molecule has 0 spiro atoms. The van der Waals surface area contributed by atoms with Crippen LogP contribution in [0.4, 0.5) is 5.69 Å². The smallest absolute Gasteiger partial charge is 0.276 e. The zero-order valence-corrected chi connectivity index (χ0v) is 16.7. The van der Waals surface area contributed by atoms with Crippen molar-refractivity contribution in [2.45, 2.75) is 13.8 Å². The van der Waals surface area contributed by atoms with E-state index in [1.54, 1.807) is 17.9 Å². The van der Waals surface area contributed by atoms with Gasteiger partial charge in [0.2, 0.25) is 0 Å². The lowest BCUT2D eigenvalue weighted by Crippen LogP contribution is -2.13. The number of aryl methyl sites for hydroxylation is 3. The van der Waals surface area contributed by atoms with Gasteiger partial charge in [-0.1, -0.05) is 0 Å². The van der Waals surface area contributed by atoms with Gasteiger partial charge in [0.1, 0.15) is 5.75 Å². The number of rotatable bonds is 4. The number of fused-ring (bicyclic) bond motifs is 1. The molecule has 0 saturated carbocycles. The number of hydrogen-bond acceptors (Lipinski definition) is 5. The van der Waals surface area contributed by atoms with E-state index in [1.165, 1.54) is 0 Å². The molecule has 0 fully saturated rings. The minimum Gasteiger partial charge on any atom is -0.497 e. The molecule has 0 atom stereocenters. The number of benzene rings is 2. The molecule has 0 bridgehead atoms. The van der Waals surface area contributed by atoms with Gasteiger partial charge in [0.25, 0.3) is 5.91 Å². The molecule has 1 amide bonds. The Labute approximate surface area is 168 Å². The molecular formula is C22H21N5O2. The van der Waals surface area contributed by atoms with Crippen molar-refractivity contribution < 1.29 is 9.53 Å². The second kappa shape index (κ2) is 7.35. The van der Waals surface area contributed by atoms with Crippen LogP contribution in [0.25, 0.3) is 22.3 Å². The Kier molecular flexibility index (Phi) is 4.72. The topological polar surface area (TPSA) is 81.9 Å². The first-order chi connectivity index (χ1) is 13.9. The van der Waals surface area contributed by atoms with Gasteiger partial charge in [0.15, 0.2) is 5.69 Å². The summed E-state index contributed by atoms with van der Waals surface area (Å²) in [4.78, 5) is 21.8. The molecule has 146 valence electrons. The fraction of sp³-hybridized carbons (Fsp3) is 0.182. The Balaban J connectivity index is 1.58. The Morgan fingerprint density at radius 2 is 1.66 bits per heavy atom. The van der Waals surface area contributed by atoms with E-state index in [1.807, 2.05) is 63.4 Å². The number of carbonyl (C=O) groups excluding carboxylic acids is 1. The second-order valence-corrected chi connectivity index (χ2v) is 6.82. The van der Waals surface area contributed by atoms with Gasteiger partial charge in [-0.2, -0.15) is 5.10 Å². The maximum atomic E-state index is 12.7. The highest BCUT2D eigenvalue weighted by Crippen LogP contribution is 2.24. The molecule has 0 unspecified atom stereocenters. The van der Waals surface area contributed by atoms with Crippen LogP contribution < -0.4 is 10.1 Å². The molecule has 29 heavy (non-hydrogen) atoms. The van der Waals surface area contributed by atoms with Crippen LogP contribution in [-0.2, 0) is 7.05 Å². The zero-order chi connectivity index (χ0) is 20.5. The summed E-state index contributed by atoms with van der Waals surface area (Å²) in [5, 5.41) is 7.25. The molecule has 0 saturated heterocycles. The average molecular weight is 387 g/mol. The van der Waals surface area contributed by atoms with Gasteiger partial charge >= 0.3 is 0 Å². The number of methoxy groups -OCH3 is 1. The van der Waals surface area contributed by atoms with Gasteiger partial charge in [-0.15, -0.1) is 0 Å². The van der Waals surface area contributed by atoms with Gasteiger partial charge in [0.05, 0.1) is 35.2 Å². The maximum Gasteiger partial charge on any atom is 0.276 e. The number of hydrogen-bond donors (Lipinski definition) is 1. The summed E-state index contributed by atoms with van der Waals surface area (Å²) in [6.07, 6.45) is 0. The molecule has 0 aliphatic carbocycles. The van der Waals surface area contributed by atoms with E-state index in [4.69, 9.17) is 4.74 Å². The predicted octanol–water partition coefficient (Wildman–Crippen LogP) is 3.91. The second-order valence-electron chi connectivity index (χ2n) is 6.82. The van der Waals surface area contributed by atoms with Crippen molar-refractivity contribution >= 4 is 22.6 Å². The third kappa shape index (κ3) is 3.67. The molecule has 2 aromatic carbocycles. The molecule has 7 nitrogen and oxygen atoms in total. The van der Waals surface area contributed by atoms with Crippen molar-refractivity contribution in [1.29, 1.82) is 0 Å². The summed E-state index contributed by atoms with van der Waals surface area (Å²) in [5.41, 5.74) is 6.08. The van der Waals surface area contributed by atoms with E-state index >= 15 is 0 Å². The molecule has 1 N–H and O–H groups in total. The molecule has 4 aromatic rings. The van der Waals surface area contributed by atoms with E-state index in [0.717, 1.165) is 39.4 Å². The SMILES string of the molecule is COc1ccc(-c2cc(C(=O)Nc3ccc4nc(C)c(C)nc4c3)nn2C)cc1. The number of anilines is 1. The number of carbonyl (C=O) groups is 1. The highest BCUT2D eigenvalue weighted by molar-refractivity contribution is 6.04. The van der Waals surface area contributed by atoms with Gasteiger partial charge in [-0.05, 0) is 62.4 Å². The lowest BCUT2D eigenvalue weighted by molar-refractivity contribution is 0.102. The molecule has 7 heteroatoms. The van der Waals surface area contributed by atoms with Crippen molar-refractivity contribution in [3.63, 3.8) is 0 Å². The minimum atomic E-state index is -0.281. The first kappa shape index (κ1) is 18.6. The zero-order valence-electron chi connectivity index (χ0n) is 16.7. The Morgan fingerprint density at radius 3 is 2.34 bits per heavy atom. The average Bonchev–Trinajstić information content (AvgIpc) is 3.11. The van der Waals surface area contributed by atoms with Crippen molar-refractivity contribution in [2.75, 3.05) is 12.4 Å². The summed E-state index contributed by atoms with van der Waals surface area (Å²) >= 11 is 0. The largest absolute Gasteiger partial charge is 0.497 e. The van der Waals surface area contributed by atoms with Gasteiger partial charge in [-0.3, -0.25) is 9.48 Å². The van der Waals surface area contributed by atoms with Crippen LogP contribution in [0.15, 0.2) is 48.5 Å². The fourth-order valence-electron chi connectivity index (χ4n) is 3.11. The Hall–Kier alpha value is -3.74. The van der Waals surface area contributed by atoms with Gasteiger partial charge in [-0.25, -0.2) is 9.97 Å². The summed E-state index contributed by atoms with van der Waals surface area (Å²) in [7, 11) is 3.44. The number of aromatic nitrogens is 4. The molecular weight excluding hydrogens is 366 g/mol. The van der Waals surface area contributed by atoms with E-state index in [0.29, 0.717) is 11.4 Å². The van der Waals surface area contributed by atoms with Crippen molar-refractivity contribution in [3.05, 3.63) is 65.6 Å². The Bertz CT molecular complexity index is 1210. The summed E-state index contributed by atoms with van der Waals surface area (Å²) < 4.78 is 6.88. The van der Waals surface area contributed by atoms with E-state index in [9.17, 15) is 4.79 Å². The molecule has 4 rings (SSSR count). The predicted molar refractivity (Wildman–Crippen MR) is 112 cm³/mol. The van der Waals surface area contributed by atoms with Crippen molar-refractivity contribution in [3.8, 4) is 17.0 Å². The van der Waals surface area contributed by atoms with Crippen LogP contribution in [0, 0.1) is 13.8 Å². The molecule has 0 aliphatic rings. The number of ether oxygens (including phenoxy) is 1. The van der Waals surface area contributed by atoms with Crippen LogP contribution >= 0.6 is 0 Å². The number of nitrogens with zero attached hydrogens (tertiary/aromatic N) is 4. The molecule has 2 heterocycles. The summed E-state index contributed by atoms with van der Waals surface area (Å²) in [6.45, 7) is 3.85. The van der Waals surface area contributed by atoms with E-state index in [2.05, 4.69) is 20.4 Å². The maximum absolute atomic E-state index is 12.7. The van der Waals surface area contributed by atoms with Gasteiger partial charge in [0, 0.05) is 18.3 Å². The van der Waals surface area contributed by atoms with Crippen molar-refractivity contribution in [1.82, 2.24) is 19.7 Å². The minimum absolute atomic E-state index is 0.281. The monoisotopic (exact) mass is 387 g/mol. The quantitative estimate of drug-likeness (QED) is 0.574. The number of amides is 1. The molecule has 0 aliphatic heterocycles. The highest BCUT2D eigenvalue weighted by atomic mass is 16.5. The van der Waals surface area contributed by atoms with Crippen LogP contribution in [0.1, 0.15) is 21.9 Å². The van der Waals surface area contributed by atoms with Gasteiger partial charge < -0.3 is 10.1 Å². The standard InChI is InChI=1S/C22H21N5O2/c1-13-14(2)24-19-11-16(7-10-18(19)23-13)25-22(28)20-12-21(27(3)26-20)15-5-8-17(29-4)9-6-15/h5-12H,1-4H3,(H,25,28). The summed E-state index contributed by atoms with van der Waals surface area (Å²) in [5.74, 6) is 0.496. The first-order valence-corrected chi connectivity index (χ1v) is 9.19. The van der Waals surface area contributed by atoms with Crippen LogP contribution in [0.3, 0.4) is 0 Å². The summed E-state index contributed by atoms with van der Waals surface area (Å²) in [6, 6.07) is 14.9. The molecule has 0 radical (unpaired) electrons. The fourth-order valence-corrected chi connectivity index (χ4v) is 3.11. The van der Waals surface area contributed by atoms with Crippen LogP contribution in [0.5, 0.6) is 5.75 Å². The third-order valence-electron chi connectivity index (χ3n) is 4.83. The van der Waals surface area contributed by atoms with Crippen LogP contribution in [-0.4, -0.2) is 32.8 Å². The number of nitrogens with one attached hydrogen (secondary N) is 1. The first-order valence-electron chi connectivity index (χ1n) is 9.19. The van der Waals surface area contributed by atoms with E-state index in [-0.39, 0.29) is 5.91 Å².